The van der Waals surface area contributed by atoms with E-state index in [1.54, 1.807) is 7.11 Å². The van der Waals surface area contributed by atoms with Crippen molar-refractivity contribution in [3.05, 3.63) is 24.3 Å². The summed E-state index contributed by atoms with van der Waals surface area (Å²) in [6, 6.07) is 8.64. The third kappa shape index (κ3) is 5.30. The molecule has 4 nitrogen and oxygen atoms in total. The van der Waals surface area contributed by atoms with Gasteiger partial charge in [-0.3, -0.25) is 4.90 Å². The molecule has 0 radical (unpaired) electrons. The van der Waals surface area contributed by atoms with Gasteiger partial charge >= 0.3 is 0 Å². The number of terminal acetylenes is 1. The van der Waals surface area contributed by atoms with Crippen molar-refractivity contribution in [2.75, 3.05) is 45.3 Å². The molecule has 0 saturated carbocycles. The number of likely N-dealkylation sites (tertiary alicyclic amines) is 1. The Hall–Kier alpha value is -1.70. The highest BCUT2D eigenvalue weighted by Gasteiger charge is 2.18. The molecule has 0 aromatic heterocycles. The van der Waals surface area contributed by atoms with Gasteiger partial charge in [0, 0.05) is 31.9 Å². The van der Waals surface area contributed by atoms with Crippen LogP contribution in [-0.2, 0) is 4.74 Å². The average molecular weight is 288 g/mol. The number of nitrogens with zero attached hydrogens (tertiary/aromatic N) is 1. The van der Waals surface area contributed by atoms with Gasteiger partial charge in [0.1, 0.15) is 12.4 Å². The maximum absolute atomic E-state index is 5.55. The van der Waals surface area contributed by atoms with E-state index in [0.717, 1.165) is 43.9 Å². The molecule has 2 rings (SSSR count). The molecule has 1 N–H and O–H groups in total. The summed E-state index contributed by atoms with van der Waals surface area (Å²) < 4.78 is 10.5. The number of benzene rings is 1. The van der Waals surface area contributed by atoms with Gasteiger partial charge in [0.25, 0.3) is 0 Å². The van der Waals surface area contributed by atoms with Crippen molar-refractivity contribution in [3.8, 4) is 18.1 Å². The molecule has 0 unspecified atom stereocenters. The molecule has 4 heteroatoms. The molecule has 1 aromatic carbocycles. The van der Waals surface area contributed by atoms with E-state index in [1.807, 2.05) is 12.1 Å². The number of rotatable bonds is 7. The molecular weight excluding hydrogens is 264 g/mol. The van der Waals surface area contributed by atoms with Crippen LogP contribution in [0.25, 0.3) is 0 Å². The van der Waals surface area contributed by atoms with Crippen LogP contribution in [-0.4, -0.2) is 50.9 Å². The topological polar surface area (TPSA) is 33.7 Å². The van der Waals surface area contributed by atoms with E-state index in [-0.39, 0.29) is 0 Å². The van der Waals surface area contributed by atoms with E-state index in [2.05, 4.69) is 28.3 Å². The summed E-state index contributed by atoms with van der Waals surface area (Å²) in [6.07, 6.45) is 7.61. The Morgan fingerprint density at radius 2 is 1.95 bits per heavy atom. The van der Waals surface area contributed by atoms with Gasteiger partial charge < -0.3 is 14.8 Å². The molecule has 1 aromatic rings. The predicted molar refractivity (Wildman–Crippen MR) is 85.7 cm³/mol. The highest BCUT2D eigenvalue weighted by atomic mass is 16.5. The molecule has 1 aliphatic heterocycles. The van der Waals surface area contributed by atoms with Crippen LogP contribution in [0.2, 0.25) is 0 Å². The number of nitrogens with one attached hydrogen (secondary N) is 1. The van der Waals surface area contributed by atoms with Crippen LogP contribution >= 0.6 is 0 Å². The number of ether oxygens (including phenoxy) is 2. The smallest absolute Gasteiger partial charge is 0.119 e. The quantitative estimate of drug-likeness (QED) is 0.616. The van der Waals surface area contributed by atoms with Gasteiger partial charge in [-0.15, -0.1) is 6.42 Å². The number of hydrogen-bond acceptors (Lipinski definition) is 4. The van der Waals surface area contributed by atoms with Crippen molar-refractivity contribution >= 4 is 5.69 Å². The summed E-state index contributed by atoms with van der Waals surface area (Å²) in [4.78, 5) is 2.32. The monoisotopic (exact) mass is 288 g/mol. The minimum Gasteiger partial charge on any atom is -0.491 e. The molecule has 114 valence electrons. The molecule has 1 aliphatic rings. The van der Waals surface area contributed by atoms with Crippen molar-refractivity contribution in [1.82, 2.24) is 4.90 Å². The molecular formula is C17H24N2O2. The molecule has 1 fully saturated rings. The fourth-order valence-electron chi connectivity index (χ4n) is 2.49. The van der Waals surface area contributed by atoms with Crippen molar-refractivity contribution in [1.29, 1.82) is 0 Å². The van der Waals surface area contributed by atoms with Crippen molar-refractivity contribution in [3.63, 3.8) is 0 Å². The standard InChI is InChI=1S/C17H24N2O2/c1-3-10-19-11-8-16(9-12-19)18-15-4-6-17(7-5-15)21-14-13-20-2/h1,4-7,16,18H,8-14H2,2H3. The van der Waals surface area contributed by atoms with Gasteiger partial charge in [-0.25, -0.2) is 0 Å². The first-order chi connectivity index (χ1) is 10.3. The molecule has 0 amide bonds. The van der Waals surface area contributed by atoms with E-state index < -0.39 is 0 Å². The van der Waals surface area contributed by atoms with Gasteiger partial charge in [-0.05, 0) is 37.1 Å². The molecule has 1 heterocycles. The first-order valence-electron chi connectivity index (χ1n) is 7.46. The second kappa shape index (κ2) is 8.56. The van der Waals surface area contributed by atoms with Gasteiger partial charge in [0.15, 0.2) is 0 Å². The second-order valence-electron chi connectivity index (χ2n) is 5.26. The van der Waals surface area contributed by atoms with E-state index in [1.165, 1.54) is 0 Å². The first-order valence-corrected chi connectivity index (χ1v) is 7.46. The number of hydrogen-bond donors (Lipinski definition) is 1. The normalized spacial score (nSPS) is 16.4. The SMILES string of the molecule is C#CCN1CCC(Nc2ccc(OCCOC)cc2)CC1. The molecule has 1 saturated heterocycles. The van der Waals surface area contributed by atoms with Crippen LogP contribution < -0.4 is 10.1 Å². The Bertz CT molecular complexity index is 445. The Labute approximate surface area is 127 Å². The summed E-state index contributed by atoms with van der Waals surface area (Å²) >= 11 is 0. The van der Waals surface area contributed by atoms with Crippen molar-refractivity contribution in [2.24, 2.45) is 0 Å². The van der Waals surface area contributed by atoms with Gasteiger partial charge in [-0.1, -0.05) is 5.92 Å². The van der Waals surface area contributed by atoms with Crippen LogP contribution in [0.3, 0.4) is 0 Å². The minimum atomic E-state index is 0.527. The summed E-state index contributed by atoms with van der Waals surface area (Å²) in [6.45, 7) is 4.09. The van der Waals surface area contributed by atoms with E-state index >= 15 is 0 Å². The number of methoxy groups -OCH3 is 1. The van der Waals surface area contributed by atoms with Gasteiger partial charge in [-0.2, -0.15) is 0 Å². The van der Waals surface area contributed by atoms with E-state index in [0.29, 0.717) is 19.3 Å². The van der Waals surface area contributed by atoms with Gasteiger partial charge in [0.05, 0.1) is 13.2 Å². The second-order valence-corrected chi connectivity index (χ2v) is 5.26. The first kappa shape index (κ1) is 15.7. The lowest BCUT2D eigenvalue weighted by molar-refractivity contribution is 0.146. The van der Waals surface area contributed by atoms with Crippen molar-refractivity contribution in [2.45, 2.75) is 18.9 Å². The average Bonchev–Trinajstić information content (AvgIpc) is 2.51. The lowest BCUT2D eigenvalue weighted by atomic mass is 10.0. The van der Waals surface area contributed by atoms with E-state index in [4.69, 9.17) is 15.9 Å². The zero-order valence-electron chi connectivity index (χ0n) is 12.7. The predicted octanol–water partition coefficient (Wildman–Crippen LogP) is 2.22. The number of anilines is 1. The maximum atomic E-state index is 5.55. The Morgan fingerprint density at radius 1 is 1.24 bits per heavy atom. The highest BCUT2D eigenvalue weighted by molar-refractivity contribution is 5.47. The van der Waals surface area contributed by atoms with E-state index in [9.17, 15) is 0 Å². The summed E-state index contributed by atoms with van der Waals surface area (Å²) in [5.41, 5.74) is 1.14. The lowest BCUT2D eigenvalue weighted by Gasteiger charge is -2.31. The van der Waals surface area contributed by atoms with Crippen LogP contribution in [0.5, 0.6) is 5.75 Å². The molecule has 0 bridgehead atoms. The van der Waals surface area contributed by atoms with Crippen molar-refractivity contribution < 1.29 is 9.47 Å². The Balaban J connectivity index is 1.75. The summed E-state index contributed by atoms with van der Waals surface area (Å²) in [7, 11) is 1.67. The van der Waals surface area contributed by atoms with Gasteiger partial charge in [0.2, 0.25) is 0 Å². The molecule has 0 aliphatic carbocycles. The Kier molecular flexibility index (Phi) is 6.39. The van der Waals surface area contributed by atoms with Crippen LogP contribution in [0.1, 0.15) is 12.8 Å². The molecule has 21 heavy (non-hydrogen) atoms. The lowest BCUT2D eigenvalue weighted by Crippen LogP contribution is -2.39. The van der Waals surface area contributed by atoms with Crippen LogP contribution in [0.15, 0.2) is 24.3 Å². The zero-order valence-corrected chi connectivity index (χ0v) is 12.7. The fourth-order valence-corrected chi connectivity index (χ4v) is 2.49. The minimum absolute atomic E-state index is 0.527. The van der Waals surface area contributed by atoms with Crippen LogP contribution in [0, 0.1) is 12.3 Å². The summed E-state index contributed by atoms with van der Waals surface area (Å²) in [5, 5.41) is 3.58. The fraction of sp³-hybridized carbons (Fsp3) is 0.529. The third-order valence-corrected chi connectivity index (χ3v) is 3.68. The molecule has 0 atom stereocenters. The Morgan fingerprint density at radius 3 is 2.57 bits per heavy atom. The molecule has 0 spiro atoms. The zero-order chi connectivity index (χ0) is 14.9. The number of piperidine rings is 1. The summed E-state index contributed by atoms with van der Waals surface area (Å²) in [5.74, 6) is 3.59. The largest absolute Gasteiger partial charge is 0.491 e. The highest BCUT2D eigenvalue weighted by Crippen LogP contribution is 2.19. The van der Waals surface area contributed by atoms with Crippen LogP contribution in [0.4, 0.5) is 5.69 Å². The third-order valence-electron chi connectivity index (χ3n) is 3.68. The maximum Gasteiger partial charge on any atom is 0.119 e.